The van der Waals surface area contributed by atoms with Gasteiger partial charge in [0.25, 0.3) is 0 Å². The van der Waals surface area contributed by atoms with Crippen molar-refractivity contribution in [3.8, 4) is 0 Å². The van der Waals surface area contributed by atoms with Crippen LogP contribution in [-0.4, -0.2) is 29.0 Å². The van der Waals surface area contributed by atoms with E-state index in [0.29, 0.717) is 0 Å². The molecule has 0 radical (unpaired) electrons. The Labute approximate surface area is 112 Å². The Hall–Kier alpha value is -0.360. The van der Waals surface area contributed by atoms with Gasteiger partial charge in [0.2, 0.25) is 0 Å². The van der Waals surface area contributed by atoms with Gasteiger partial charge in [-0.25, -0.2) is 4.79 Å². The van der Waals surface area contributed by atoms with Crippen LogP contribution >= 0.6 is 31.9 Å². The first-order valence-corrected chi connectivity index (χ1v) is 6.25. The van der Waals surface area contributed by atoms with Gasteiger partial charge in [0.05, 0.1) is 4.48 Å². The van der Waals surface area contributed by atoms with Gasteiger partial charge in [0.1, 0.15) is 17.0 Å². The Morgan fingerprint density at radius 2 is 1.94 bits per heavy atom. The highest BCUT2D eigenvalue weighted by Crippen LogP contribution is 2.15. The fourth-order valence-electron chi connectivity index (χ4n) is 0.696. The minimum Gasteiger partial charge on any atom is -0.461 e. The number of rotatable bonds is 5. The topological polar surface area (TPSA) is 52.6 Å². The Balaban J connectivity index is 4.20. The summed E-state index contributed by atoms with van der Waals surface area (Å²) in [6, 6.07) is 0. The van der Waals surface area contributed by atoms with E-state index in [9.17, 15) is 9.59 Å². The summed E-state index contributed by atoms with van der Waals surface area (Å²) in [6.45, 7) is 8.33. The van der Waals surface area contributed by atoms with Crippen molar-refractivity contribution in [2.24, 2.45) is 0 Å². The standard InChI is InChI=1S/C10H14Br2O4/c1-6(11)8(13)15-5-10(3,4)16-9(14)7(2)12/h6H,2,5H2,1,3-4H3. The highest BCUT2D eigenvalue weighted by atomic mass is 79.9. The zero-order valence-electron chi connectivity index (χ0n) is 9.38. The van der Waals surface area contributed by atoms with Crippen LogP contribution in [0.2, 0.25) is 0 Å². The van der Waals surface area contributed by atoms with Gasteiger partial charge in [0, 0.05) is 0 Å². The Bertz CT molecular complexity index is 297. The molecule has 0 fully saturated rings. The first-order valence-electron chi connectivity index (χ1n) is 4.54. The largest absolute Gasteiger partial charge is 0.461 e. The summed E-state index contributed by atoms with van der Waals surface area (Å²) in [5.74, 6) is -0.977. The molecule has 1 unspecified atom stereocenters. The Morgan fingerprint density at radius 1 is 1.44 bits per heavy atom. The number of esters is 2. The van der Waals surface area contributed by atoms with Gasteiger partial charge >= 0.3 is 11.9 Å². The van der Waals surface area contributed by atoms with Gasteiger partial charge in [-0.2, -0.15) is 0 Å². The number of halogens is 2. The summed E-state index contributed by atoms with van der Waals surface area (Å²) >= 11 is 5.99. The Kier molecular flexibility index (Phi) is 6.25. The van der Waals surface area contributed by atoms with Crippen molar-refractivity contribution in [2.45, 2.75) is 31.2 Å². The van der Waals surface area contributed by atoms with Crippen molar-refractivity contribution in [1.82, 2.24) is 0 Å². The second kappa shape index (κ2) is 6.39. The van der Waals surface area contributed by atoms with E-state index in [2.05, 4.69) is 38.4 Å². The van der Waals surface area contributed by atoms with Crippen LogP contribution in [0.5, 0.6) is 0 Å². The van der Waals surface area contributed by atoms with Crippen LogP contribution in [0.25, 0.3) is 0 Å². The van der Waals surface area contributed by atoms with E-state index < -0.39 is 17.5 Å². The second-order valence-corrected chi connectivity index (χ2v) is 6.11. The lowest BCUT2D eigenvalue weighted by atomic mass is 10.1. The number of alkyl halides is 1. The molecule has 16 heavy (non-hydrogen) atoms. The second-order valence-electron chi connectivity index (χ2n) is 3.78. The SMILES string of the molecule is C=C(Br)C(=O)OC(C)(C)COC(=O)C(C)Br. The molecule has 0 heterocycles. The van der Waals surface area contributed by atoms with Gasteiger partial charge in [-0.05, 0) is 36.7 Å². The normalized spacial score (nSPS) is 12.8. The smallest absolute Gasteiger partial charge is 0.345 e. The lowest BCUT2D eigenvalue weighted by Gasteiger charge is -2.24. The minimum atomic E-state index is -0.884. The van der Waals surface area contributed by atoms with E-state index in [4.69, 9.17) is 9.47 Å². The Morgan fingerprint density at radius 3 is 2.31 bits per heavy atom. The number of carbonyl (C=O) groups excluding carboxylic acids is 2. The highest BCUT2D eigenvalue weighted by Gasteiger charge is 2.26. The lowest BCUT2D eigenvalue weighted by Crippen LogP contribution is -2.35. The van der Waals surface area contributed by atoms with Gasteiger partial charge < -0.3 is 9.47 Å². The average Bonchev–Trinajstić information content (AvgIpc) is 2.13. The van der Waals surface area contributed by atoms with Crippen molar-refractivity contribution in [3.63, 3.8) is 0 Å². The molecule has 92 valence electrons. The maximum Gasteiger partial charge on any atom is 0.345 e. The number of hydrogen-bond donors (Lipinski definition) is 0. The molecular formula is C10H14Br2O4. The third-order valence-electron chi connectivity index (χ3n) is 1.48. The summed E-state index contributed by atoms with van der Waals surface area (Å²) < 4.78 is 10.1. The molecule has 1 atom stereocenters. The van der Waals surface area contributed by atoms with E-state index in [1.54, 1.807) is 20.8 Å². The monoisotopic (exact) mass is 356 g/mol. The first-order chi connectivity index (χ1) is 7.15. The predicted octanol–water partition coefficient (Wildman–Crippen LogP) is 2.54. The van der Waals surface area contributed by atoms with Crippen LogP contribution in [-0.2, 0) is 19.1 Å². The quantitative estimate of drug-likeness (QED) is 0.431. The van der Waals surface area contributed by atoms with Gasteiger partial charge in [-0.1, -0.05) is 22.5 Å². The molecule has 0 aliphatic carbocycles. The van der Waals surface area contributed by atoms with Gasteiger partial charge in [-0.3, -0.25) is 4.79 Å². The summed E-state index contributed by atoms with van der Waals surface area (Å²) in [5.41, 5.74) is -0.884. The van der Waals surface area contributed by atoms with Gasteiger partial charge in [-0.15, -0.1) is 0 Å². The summed E-state index contributed by atoms with van der Waals surface area (Å²) in [7, 11) is 0. The zero-order chi connectivity index (χ0) is 12.9. The molecule has 0 rings (SSSR count). The molecule has 0 saturated heterocycles. The summed E-state index contributed by atoms with van der Waals surface area (Å²) in [4.78, 5) is 22.0. The minimum absolute atomic E-state index is 0.00616. The lowest BCUT2D eigenvalue weighted by molar-refractivity contribution is -0.164. The van der Waals surface area contributed by atoms with E-state index in [1.165, 1.54) is 0 Å². The molecule has 0 aromatic carbocycles. The van der Waals surface area contributed by atoms with Crippen molar-refractivity contribution >= 4 is 43.8 Å². The number of carbonyl (C=O) groups is 2. The molecule has 0 saturated carbocycles. The van der Waals surface area contributed by atoms with E-state index in [-0.39, 0.29) is 15.9 Å². The molecule has 0 amide bonds. The third kappa shape index (κ3) is 6.27. The zero-order valence-corrected chi connectivity index (χ0v) is 12.6. The van der Waals surface area contributed by atoms with E-state index >= 15 is 0 Å². The molecule has 0 aliphatic rings. The van der Waals surface area contributed by atoms with Gasteiger partial charge in [0.15, 0.2) is 0 Å². The van der Waals surface area contributed by atoms with Crippen molar-refractivity contribution in [3.05, 3.63) is 11.1 Å². The van der Waals surface area contributed by atoms with Crippen LogP contribution in [0.3, 0.4) is 0 Å². The van der Waals surface area contributed by atoms with Crippen molar-refractivity contribution in [2.75, 3.05) is 6.61 Å². The third-order valence-corrected chi connectivity index (χ3v) is 2.17. The molecule has 0 aliphatic heterocycles. The average molecular weight is 358 g/mol. The molecule has 0 spiro atoms. The van der Waals surface area contributed by atoms with E-state index in [1.807, 2.05) is 0 Å². The summed E-state index contributed by atoms with van der Waals surface area (Å²) in [5, 5.41) is 0. The molecule has 0 N–H and O–H groups in total. The number of ether oxygens (including phenoxy) is 2. The number of hydrogen-bond acceptors (Lipinski definition) is 4. The molecule has 4 nitrogen and oxygen atoms in total. The van der Waals surface area contributed by atoms with Crippen LogP contribution < -0.4 is 0 Å². The molecular weight excluding hydrogens is 344 g/mol. The predicted molar refractivity (Wildman–Crippen MR) is 67.6 cm³/mol. The molecule has 0 aromatic rings. The van der Waals surface area contributed by atoms with Crippen molar-refractivity contribution < 1.29 is 19.1 Å². The first kappa shape index (κ1) is 15.6. The van der Waals surface area contributed by atoms with Crippen molar-refractivity contribution in [1.29, 1.82) is 0 Å². The fraction of sp³-hybridized carbons (Fsp3) is 0.600. The summed E-state index contributed by atoms with van der Waals surface area (Å²) in [6.07, 6.45) is 0. The molecule has 0 aromatic heterocycles. The van der Waals surface area contributed by atoms with Crippen LogP contribution in [0, 0.1) is 0 Å². The maximum absolute atomic E-state index is 11.2. The van der Waals surface area contributed by atoms with Crippen LogP contribution in [0.15, 0.2) is 11.1 Å². The highest BCUT2D eigenvalue weighted by molar-refractivity contribution is 9.12. The molecule has 0 bridgehead atoms. The fourth-order valence-corrected chi connectivity index (χ4v) is 0.909. The van der Waals surface area contributed by atoms with Crippen LogP contribution in [0.1, 0.15) is 20.8 Å². The van der Waals surface area contributed by atoms with E-state index in [0.717, 1.165) is 0 Å². The maximum atomic E-state index is 11.2. The van der Waals surface area contributed by atoms with Crippen LogP contribution in [0.4, 0.5) is 0 Å². The molecule has 6 heteroatoms.